The average Bonchev–Trinajstić information content (AvgIpc) is 2.33. The van der Waals surface area contributed by atoms with Crippen LogP contribution in [0.5, 0.6) is 0 Å². The summed E-state index contributed by atoms with van der Waals surface area (Å²) in [6, 6.07) is 3.96. The number of aryl methyl sites for hydroxylation is 3. The fourth-order valence-corrected chi connectivity index (χ4v) is 2.44. The van der Waals surface area contributed by atoms with Gasteiger partial charge in [-0.1, -0.05) is 24.6 Å². The van der Waals surface area contributed by atoms with Crippen molar-refractivity contribution in [3.05, 3.63) is 34.4 Å². The number of hydrogen-bond acceptors (Lipinski definition) is 2. The van der Waals surface area contributed by atoms with Gasteiger partial charge in [0.25, 0.3) is 5.91 Å². The quantitative estimate of drug-likeness (QED) is 0.900. The van der Waals surface area contributed by atoms with Crippen LogP contribution in [0.1, 0.15) is 40.9 Å². The molecule has 0 bridgehead atoms. The number of carboxylic acid groups (broad SMARTS) is 1. The van der Waals surface area contributed by atoms with Crippen LogP contribution >= 0.6 is 0 Å². The van der Waals surface area contributed by atoms with Crippen molar-refractivity contribution < 1.29 is 14.7 Å². The number of benzene rings is 1. The Labute approximate surface area is 120 Å². The molecule has 1 N–H and O–H groups in total. The Morgan fingerprint density at radius 1 is 1.20 bits per heavy atom. The normalized spacial score (nSPS) is 12.1. The maximum absolute atomic E-state index is 12.6. The third kappa shape index (κ3) is 3.59. The van der Waals surface area contributed by atoms with E-state index in [-0.39, 0.29) is 12.5 Å². The molecule has 0 aliphatic heterocycles. The van der Waals surface area contributed by atoms with Crippen LogP contribution in [0, 0.1) is 26.7 Å². The Morgan fingerprint density at radius 2 is 1.70 bits per heavy atom. The zero-order chi connectivity index (χ0) is 15.4. The van der Waals surface area contributed by atoms with E-state index in [1.165, 1.54) is 0 Å². The number of carboxylic acids is 1. The van der Waals surface area contributed by atoms with Crippen molar-refractivity contribution in [2.75, 3.05) is 13.1 Å². The lowest BCUT2D eigenvalue weighted by Gasteiger charge is -2.24. The molecule has 0 radical (unpaired) electrons. The minimum atomic E-state index is -0.881. The van der Waals surface area contributed by atoms with Crippen LogP contribution in [-0.4, -0.2) is 35.0 Å². The first-order chi connectivity index (χ1) is 9.27. The van der Waals surface area contributed by atoms with E-state index in [9.17, 15) is 9.59 Å². The van der Waals surface area contributed by atoms with Crippen LogP contribution in [0.4, 0.5) is 0 Å². The molecule has 1 unspecified atom stereocenters. The molecule has 0 aliphatic carbocycles. The zero-order valence-electron chi connectivity index (χ0n) is 12.9. The number of carbonyl (C=O) groups is 2. The molecule has 110 valence electrons. The summed E-state index contributed by atoms with van der Waals surface area (Å²) < 4.78 is 0. The Balaban J connectivity index is 3.06. The van der Waals surface area contributed by atoms with E-state index < -0.39 is 11.9 Å². The van der Waals surface area contributed by atoms with Crippen molar-refractivity contribution in [3.63, 3.8) is 0 Å². The Kier molecular flexibility index (Phi) is 5.31. The summed E-state index contributed by atoms with van der Waals surface area (Å²) >= 11 is 0. The van der Waals surface area contributed by atoms with E-state index in [4.69, 9.17) is 5.11 Å². The van der Waals surface area contributed by atoms with Crippen LogP contribution in [0.15, 0.2) is 12.1 Å². The van der Waals surface area contributed by atoms with E-state index in [2.05, 4.69) is 0 Å². The van der Waals surface area contributed by atoms with Crippen LogP contribution in [0.3, 0.4) is 0 Å². The minimum absolute atomic E-state index is 0.0874. The molecule has 0 heterocycles. The molecular formula is C16H23NO3. The molecule has 20 heavy (non-hydrogen) atoms. The predicted octanol–water partition coefficient (Wildman–Crippen LogP) is 2.79. The maximum atomic E-state index is 12.6. The van der Waals surface area contributed by atoms with Crippen molar-refractivity contribution in [2.24, 2.45) is 5.92 Å². The lowest BCUT2D eigenvalue weighted by molar-refractivity contribution is -0.141. The van der Waals surface area contributed by atoms with Gasteiger partial charge in [-0.15, -0.1) is 0 Å². The van der Waals surface area contributed by atoms with E-state index in [1.807, 2.05) is 39.8 Å². The van der Waals surface area contributed by atoms with Gasteiger partial charge in [0.05, 0.1) is 5.92 Å². The van der Waals surface area contributed by atoms with Crippen LogP contribution < -0.4 is 0 Å². The maximum Gasteiger partial charge on any atom is 0.308 e. The molecule has 0 aromatic heterocycles. The van der Waals surface area contributed by atoms with Crippen molar-refractivity contribution in [1.29, 1.82) is 0 Å². The van der Waals surface area contributed by atoms with Gasteiger partial charge < -0.3 is 10.0 Å². The number of aliphatic carboxylic acids is 1. The second-order valence-electron chi connectivity index (χ2n) is 5.36. The third-order valence-corrected chi connectivity index (χ3v) is 3.48. The van der Waals surface area contributed by atoms with E-state index in [0.29, 0.717) is 12.1 Å². The van der Waals surface area contributed by atoms with E-state index >= 15 is 0 Å². The smallest absolute Gasteiger partial charge is 0.308 e. The van der Waals surface area contributed by atoms with Gasteiger partial charge in [-0.3, -0.25) is 9.59 Å². The topological polar surface area (TPSA) is 57.6 Å². The summed E-state index contributed by atoms with van der Waals surface area (Å²) in [6.45, 7) is 10.1. The van der Waals surface area contributed by atoms with Gasteiger partial charge in [-0.25, -0.2) is 0 Å². The van der Waals surface area contributed by atoms with Gasteiger partial charge in [0.1, 0.15) is 0 Å². The SMILES string of the molecule is CCN(CC(C)C(=O)O)C(=O)c1c(C)cc(C)cc1C. The molecule has 1 rings (SSSR count). The molecule has 0 spiro atoms. The fourth-order valence-electron chi connectivity index (χ4n) is 2.44. The average molecular weight is 277 g/mol. The summed E-state index contributed by atoms with van der Waals surface area (Å²) in [5.74, 6) is -1.53. The van der Waals surface area contributed by atoms with Crippen LogP contribution in [-0.2, 0) is 4.79 Å². The van der Waals surface area contributed by atoms with Gasteiger partial charge in [0, 0.05) is 18.7 Å². The summed E-state index contributed by atoms with van der Waals surface area (Å²) in [7, 11) is 0. The third-order valence-electron chi connectivity index (χ3n) is 3.48. The largest absolute Gasteiger partial charge is 0.481 e. The Bertz CT molecular complexity index is 499. The summed E-state index contributed by atoms with van der Waals surface area (Å²) in [4.78, 5) is 25.2. The van der Waals surface area contributed by atoms with E-state index in [0.717, 1.165) is 16.7 Å². The molecule has 0 saturated heterocycles. The highest BCUT2D eigenvalue weighted by atomic mass is 16.4. The van der Waals surface area contributed by atoms with Gasteiger partial charge in [-0.2, -0.15) is 0 Å². The van der Waals surface area contributed by atoms with Crippen molar-refractivity contribution in [3.8, 4) is 0 Å². The fraction of sp³-hybridized carbons (Fsp3) is 0.500. The molecule has 1 aromatic rings. The second-order valence-corrected chi connectivity index (χ2v) is 5.36. The number of amides is 1. The molecule has 1 atom stereocenters. The van der Waals surface area contributed by atoms with E-state index in [1.54, 1.807) is 11.8 Å². The monoisotopic (exact) mass is 277 g/mol. The molecule has 0 aliphatic rings. The Hall–Kier alpha value is -1.84. The van der Waals surface area contributed by atoms with Crippen LogP contribution in [0.25, 0.3) is 0 Å². The predicted molar refractivity (Wildman–Crippen MR) is 79.0 cm³/mol. The highest BCUT2D eigenvalue weighted by Gasteiger charge is 2.22. The standard InChI is InChI=1S/C16H23NO3/c1-6-17(9-13(5)16(19)20)15(18)14-11(3)7-10(2)8-12(14)4/h7-8,13H,6,9H2,1-5H3,(H,19,20). The number of rotatable bonds is 5. The molecule has 0 fully saturated rings. The molecule has 1 aromatic carbocycles. The molecule has 4 nitrogen and oxygen atoms in total. The number of nitrogens with zero attached hydrogens (tertiary/aromatic N) is 1. The number of hydrogen-bond donors (Lipinski definition) is 1. The highest BCUT2D eigenvalue weighted by molar-refractivity contribution is 5.97. The molecular weight excluding hydrogens is 254 g/mol. The summed E-state index contributed by atoms with van der Waals surface area (Å²) in [6.07, 6.45) is 0. The number of carbonyl (C=O) groups excluding carboxylic acids is 1. The molecule has 0 saturated carbocycles. The highest BCUT2D eigenvalue weighted by Crippen LogP contribution is 2.19. The van der Waals surface area contributed by atoms with Gasteiger partial charge in [-0.05, 0) is 38.8 Å². The van der Waals surface area contributed by atoms with Crippen molar-refractivity contribution in [1.82, 2.24) is 4.90 Å². The lowest BCUT2D eigenvalue weighted by Crippen LogP contribution is -2.37. The van der Waals surface area contributed by atoms with Gasteiger partial charge >= 0.3 is 5.97 Å². The Morgan fingerprint density at radius 3 is 2.10 bits per heavy atom. The first-order valence-electron chi connectivity index (χ1n) is 6.87. The van der Waals surface area contributed by atoms with Crippen LogP contribution in [0.2, 0.25) is 0 Å². The summed E-state index contributed by atoms with van der Waals surface area (Å²) in [5, 5.41) is 8.99. The van der Waals surface area contributed by atoms with Gasteiger partial charge in [0.2, 0.25) is 0 Å². The van der Waals surface area contributed by atoms with Crippen molar-refractivity contribution >= 4 is 11.9 Å². The zero-order valence-corrected chi connectivity index (χ0v) is 12.9. The molecule has 4 heteroatoms. The second kappa shape index (κ2) is 6.55. The summed E-state index contributed by atoms with van der Waals surface area (Å²) in [5.41, 5.74) is 3.69. The molecule has 1 amide bonds. The van der Waals surface area contributed by atoms with Crippen molar-refractivity contribution in [2.45, 2.75) is 34.6 Å². The first kappa shape index (κ1) is 16.2. The minimum Gasteiger partial charge on any atom is -0.481 e. The first-order valence-corrected chi connectivity index (χ1v) is 6.87. The van der Waals surface area contributed by atoms with Gasteiger partial charge in [0.15, 0.2) is 0 Å². The lowest BCUT2D eigenvalue weighted by atomic mass is 9.98.